The van der Waals surface area contributed by atoms with Crippen molar-refractivity contribution in [2.24, 2.45) is 0 Å². The van der Waals surface area contributed by atoms with Gasteiger partial charge in [0.15, 0.2) is 0 Å². The molecule has 0 atom stereocenters. The Balaban J connectivity index is 2.09. The summed E-state index contributed by atoms with van der Waals surface area (Å²) in [5, 5.41) is 6.92. The minimum atomic E-state index is -0.570. The first-order valence-electron chi connectivity index (χ1n) is 5.97. The highest BCUT2D eigenvalue weighted by molar-refractivity contribution is 5.86. The number of benzene rings is 1. The Kier molecular flexibility index (Phi) is 3.39. The molecule has 1 aromatic heterocycles. The molecule has 1 aromatic carbocycles. The predicted molar refractivity (Wildman–Crippen MR) is 71.2 cm³/mol. The van der Waals surface area contributed by atoms with E-state index in [1.807, 2.05) is 38.1 Å². The molecule has 0 saturated heterocycles. The molecule has 0 aliphatic heterocycles. The lowest BCUT2D eigenvalue weighted by atomic mass is 10.1. The Morgan fingerprint density at radius 3 is 2.78 bits per heavy atom. The van der Waals surface area contributed by atoms with E-state index in [2.05, 4.69) is 10.6 Å². The summed E-state index contributed by atoms with van der Waals surface area (Å²) >= 11 is 0. The van der Waals surface area contributed by atoms with Gasteiger partial charge in [0.1, 0.15) is 5.58 Å². The molecule has 0 bridgehead atoms. The average Bonchev–Trinajstić information content (AvgIpc) is 2.79. The quantitative estimate of drug-likeness (QED) is 0.868. The molecule has 0 fully saturated rings. The van der Waals surface area contributed by atoms with E-state index in [0.29, 0.717) is 6.54 Å². The fourth-order valence-electron chi connectivity index (χ4n) is 1.68. The molecule has 0 radical (unpaired) electrons. The number of para-hydroxylation sites is 1. The van der Waals surface area contributed by atoms with Gasteiger partial charge >= 0.3 is 0 Å². The second-order valence-electron chi connectivity index (χ2n) is 4.81. The van der Waals surface area contributed by atoms with Gasteiger partial charge in [0.25, 0.3) is 0 Å². The van der Waals surface area contributed by atoms with Crippen molar-refractivity contribution in [3.8, 4) is 0 Å². The molecule has 18 heavy (non-hydrogen) atoms. The molecule has 0 saturated carbocycles. The molecule has 2 aromatic rings. The standard InChI is InChI=1S/C14H18N2O2/c1-14(2,15-3)13(17)16-8-10-9-18-12-7-5-4-6-11(10)12/h4-7,9,15H,8H2,1-3H3,(H,16,17). The number of hydrogen-bond acceptors (Lipinski definition) is 3. The molecule has 0 unspecified atom stereocenters. The van der Waals surface area contributed by atoms with E-state index < -0.39 is 5.54 Å². The van der Waals surface area contributed by atoms with Crippen molar-refractivity contribution >= 4 is 16.9 Å². The second-order valence-corrected chi connectivity index (χ2v) is 4.81. The van der Waals surface area contributed by atoms with Crippen LogP contribution in [0.4, 0.5) is 0 Å². The van der Waals surface area contributed by atoms with Crippen molar-refractivity contribution in [2.75, 3.05) is 7.05 Å². The van der Waals surface area contributed by atoms with Gasteiger partial charge in [-0.25, -0.2) is 0 Å². The number of nitrogens with one attached hydrogen (secondary N) is 2. The number of fused-ring (bicyclic) bond motifs is 1. The van der Waals surface area contributed by atoms with Crippen LogP contribution < -0.4 is 10.6 Å². The lowest BCUT2D eigenvalue weighted by molar-refractivity contribution is -0.126. The fraction of sp³-hybridized carbons (Fsp3) is 0.357. The van der Waals surface area contributed by atoms with Crippen LogP contribution in [-0.4, -0.2) is 18.5 Å². The van der Waals surface area contributed by atoms with Crippen molar-refractivity contribution in [3.05, 3.63) is 36.1 Å². The molecule has 4 heteroatoms. The van der Waals surface area contributed by atoms with E-state index >= 15 is 0 Å². The minimum absolute atomic E-state index is 0.0321. The minimum Gasteiger partial charge on any atom is -0.464 e. The molecule has 96 valence electrons. The Labute approximate surface area is 106 Å². The second kappa shape index (κ2) is 4.82. The largest absolute Gasteiger partial charge is 0.464 e. The number of amides is 1. The molecule has 1 amide bonds. The van der Waals surface area contributed by atoms with Crippen LogP contribution in [0.1, 0.15) is 19.4 Å². The summed E-state index contributed by atoms with van der Waals surface area (Å²) in [6, 6.07) is 7.79. The fourth-order valence-corrected chi connectivity index (χ4v) is 1.68. The van der Waals surface area contributed by atoms with Crippen molar-refractivity contribution < 1.29 is 9.21 Å². The summed E-state index contributed by atoms with van der Waals surface area (Å²) < 4.78 is 5.43. The van der Waals surface area contributed by atoms with Crippen molar-refractivity contribution in [2.45, 2.75) is 25.9 Å². The van der Waals surface area contributed by atoms with Crippen molar-refractivity contribution in [1.29, 1.82) is 0 Å². The van der Waals surface area contributed by atoms with Gasteiger partial charge in [0.05, 0.1) is 11.8 Å². The van der Waals surface area contributed by atoms with E-state index in [-0.39, 0.29) is 5.91 Å². The van der Waals surface area contributed by atoms with E-state index in [9.17, 15) is 4.79 Å². The maximum absolute atomic E-state index is 11.9. The summed E-state index contributed by atoms with van der Waals surface area (Å²) in [7, 11) is 1.77. The first-order chi connectivity index (χ1) is 8.54. The number of carbonyl (C=O) groups is 1. The summed E-state index contributed by atoms with van der Waals surface area (Å²) in [5.74, 6) is -0.0321. The molecule has 2 N–H and O–H groups in total. The maximum Gasteiger partial charge on any atom is 0.239 e. The Morgan fingerprint density at radius 2 is 2.06 bits per heavy atom. The van der Waals surface area contributed by atoms with Gasteiger partial charge in [-0.05, 0) is 27.0 Å². The highest BCUT2D eigenvalue weighted by Crippen LogP contribution is 2.20. The number of carbonyl (C=O) groups excluding carboxylic acids is 1. The maximum atomic E-state index is 11.9. The highest BCUT2D eigenvalue weighted by atomic mass is 16.3. The zero-order valence-corrected chi connectivity index (χ0v) is 10.9. The van der Waals surface area contributed by atoms with E-state index in [1.54, 1.807) is 13.3 Å². The smallest absolute Gasteiger partial charge is 0.239 e. The van der Waals surface area contributed by atoms with Crippen LogP contribution >= 0.6 is 0 Å². The number of likely N-dealkylation sites (N-methyl/N-ethyl adjacent to an activating group) is 1. The zero-order chi connectivity index (χ0) is 13.2. The van der Waals surface area contributed by atoms with Crippen molar-refractivity contribution in [3.63, 3.8) is 0 Å². The molecule has 0 aliphatic rings. The number of rotatable bonds is 4. The topological polar surface area (TPSA) is 54.3 Å². The summed E-state index contributed by atoms with van der Waals surface area (Å²) in [6.45, 7) is 4.16. The van der Waals surface area contributed by atoms with Crippen LogP contribution in [0.2, 0.25) is 0 Å². The van der Waals surface area contributed by atoms with Gasteiger partial charge in [-0.2, -0.15) is 0 Å². The Morgan fingerprint density at radius 1 is 1.33 bits per heavy atom. The SMILES string of the molecule is CNC(C)(C)C(=O)NCc1coc2ccccc12. The van der Waals surface area contributed by atoms with Crippen LogP contribution in [0, 0.1) is 0 Å². The van der Waals surface area contributed by atoms with Crippen LogP contribution in [0.25, 0.3) is 11.0 Å². The number of furan rings is 1. The van der Waals surface area contributed by atoms with Crippen LogP contribution in [0.5, 0.6) is 0 Å². The van der Waals surface area contributed by atoms with Gasteiger partial charge in [0, 0.05) is 17.5 Å². The third kappa shape index (κ3) is 2.38. The monoisotopic (exact) mass is 246 g/mol. The van der Waals surface area contributed by atoms with Gasteiger partial charge in [-0.15, -0.1) is 0 Å². The molecule has 0 spiro atoms. The van der Waals surface area contributed by atoms with Gasteiger partial charge in [-0.3, -0.25) is 4.79 Å². The summed E-state index contributed by atoms with van der Waals surface area (Å²) in [4.78, 5) is 11.9. The van der Waals surface area contributed by atoms with Crippen LogP contribution in [0.3, 0.4) is 0 Å². The van der Waals surface area contributed by atoms with Crippen LogP contribution in [-0.2, 0) is 11.3 Å². The van der Waals surface area contributed by atoms with Crippen LogP contribution in [0.15, 0.2) is 34.9 Å². The normalized spacial score (nSPS) is 11.7. The summed E-state index contributed by atoms with van der Waals surface area (Å²) in [5.41, 5.74) is 1.26. The molecular weight excluding hydrogens is 228 g/mol. The predicted octanol–water partition coefficient (Wildman–Crippen LogP) is 2.05. The molecule has 1 heterocycles. The molecule has 0 aliphatic carbocycles. The van der Waals surface area contributed by atoms with E-state index in [1.165, 1.54) is 0 Å². The van der Waals surface area contributed by atoms with E-state index in [0.717, 1.165) is 16.5 Å². The van der Waals surface area contributed by atoms with Crippen molar-refractivity contribution in [1.82, 2.24) is 10.6 Å². The first kappa shape index (κ1) is 12.6. The Hall–Kier alpha value is -1.81. The van der Waals surface area contributed by atoms with Gasteiger partial charge < -0.3 is 15.1 Å². The zero-order valence-electron chi connectivity index (χ0n) is 10.9. The molecule has 4 nitrogen and oxygen atoms in total. The van der Waals surface area contributed by atoms with Gasteiger partial charge in [-0.1, -0.05) is 18.2 Å². The number of hydrogen-bond donors (Lipinski definition) is 2. The lowest BCUT2D eigenvalue weighted by Crippen LogP contribution is -2.50. The first-order valence-corrected chi connectivity index (χ1v) is 5.97. The Bertz CT molecular complexity index is 558. The molecule has 2 rings (SSSR count). The lowest BCUT2D eigenvalue weighted by Gasteiger charge is -2.22. The third-order valence-corrected chi connectivity index (χ3v) is 3.19. The average molecular weight is 246 g/mol. The summed E-state index contributed by atoms with van der Waals surface area (Å²) in [6.07, 6.45) is 1.69. The third-order valence-electron chi connectivity index (χ3n) is 3.19. The highest BCUT2D eigenvalue weighted by Gasteiger charge is 2.24. The van der Waals surface area contributed by atoms with E-state index in [4.69, 9.17) is 4.42 Å². The van der Waals surface area contributed by atoms with Gasteiger partial charge in [0.2, 0.25) is 5.91 Å². The molecular formula is C14H18N2O2.